The first kappa shape index (κ1) is 12.0. The second-order valence-electron chi connectivity index (χ2n) is 3.43. The number of aryl methyl sites for hydroxylation is 1. The highest BCUT2D eigenvalue weighted by molar-refractivity contribution is 5.25. The fraction of sp³-hybridized carbons (Fsp3) is 0.400. The van der Waals surface area contributed by atoms with Crippen LogP contribution in [0.4, 0.5) is 17.6 Å². The van der Waals surface area contributed by atoms with Crippen molar-refractivity contribution in [2.75, 3.05) is 0 Å². The number of alkyl halides is 3. The van der Waals surface area contributed by atoms with Crippen molar-refractivity contribution in [2.45, 2.75) is 25.6 Å². The molecule has 0 heterocycles. The number of nitrogens with two attached hydrogens (primary N) is 1. The molecule has 5 heteroatoms. The van der Waals surface area contributed by atoms with Gasteiger partial charge in [-0.15, -0.1) is 0 Å². The lowest BCUT2D eigenvalue weighted by atomic mass is 10.0. The van der Waals surface area contributed by atoms with E-state index in [0.717, 1.165) is 6.07 Å². The van der Waals surface area contributed by atoms with E-state index in [1.54, 1.807) is 0 Å². The molecule has 0 aliphatic heterocycles. The quantitative estimate of drug-likeness (QED) is 0.763. The van der Waals surface area contributed by atoms with Gasteiger partial charge in [-0.1, -0.05) is 12.1 Å². The number of hydrogen-bond donors (Lipinski definition) is 1. The maximum atomic E-state index is 13.0. The Balaban J connectivity index is 2.83. The van der Waals surface area contributed by atoms with Crippen molar-refractivity contribution < 1.29 is 17.6 Å². The molecular weight excluding hydrogens is 210 g/mol. The lowest BCUT2D eigenvalue weighted by Gasteiger charge is -2.14. The van der Waals surface area contributed by atoms with Gasteiger partial charge in [0.25, 0.3) is 0 Å². The molecule has 0 fully saturated rings. The van der Waals surface area contributed by atoms with Gasteiger partial charge in [-0.3, -0.25) is 0 Å². The van der Waals surface area contributed by atoms with Crippen molar-refractivity contribution in [3.05, 3.63) is 35.1 Å². The summed E-state index contributed by atoms with van der Waals surface area (Å²) in [7, 11) is 0. The molecule has 0 radical (unpaired) electrons. The van der Waals surface area contributed by atoms with Crippen molar-refractivity contribution in [3.63, 3.8) is 0 Å². The fourth-order valence-electron chi connectivity index (χ4n) is 1.21. The Morgan fingerprint density at radius 2 is 1.93 bits per heavy atom. The van der Waals surface area contributed by atoms with Crippen LogP contribution in [0.3, 0.4) is 0 Å². The van der Waals surface area contributed by atoms with Crippen molar-refractivity contribution in [1.29, 1.82) is 0 Å². The van der Waals surface area contributed by atoms with Gasteiger partial charge in [-0.25, -0.2) is 4.39 Å². The number of halogens is 4. The first-order valence-electron chi connectivity index (χ1n) is 4.38. The maximum absolute atomic E-state index is 13.0. The minimum Gasteiger partial charge on any atom is -0.324 e. The largest absolute Gasteiger partial charge is 0.390 e. The Bertz CT molecular complexity index is 346. The normalized spacial score (nSPS) is 14.0. The first-order valence-corrected chi connectivity index (χ1v) is 4.38. The average Bonchev–Trinajstić information content (AvgIpc) is 2.06. The van der Waals surface area contributed by atoms with Crippen LogP contribution in [0.2, 0.25) is 0 Å². The van der Waals surface area contributed by atoms with Gasteiger partial charge >= 0.3 is 6.18 Å². The third kappa shape index (κ3) is 3.51. The summed E-state index contributed by atoms with van der Waals surface area (Å²) in [6, 6.07) is 2.67. The van der Waals surface area contributed by atoms with Crippen LogP contribution in [0.15, 0.2) is 18.2 Å². The summed E-state index contributed by atoms with van der Waals surface area (Å²) >= 11 is 0. The Morgan fingerprint density at radius 1 is 1.33 bits per heavy atom. The van der Waals surface area contributed by atoms with Gasteiger partial charge in [-0.2, -0.15) is 13.2 Å². The summed E-state index contributed by atoms with van der Waals surface area (Å²) in [4.78, 5) is 0. The van der Waals surface area contributed by atoms with E-state index in [0.29, 0.717) is 5.56 Å². The second kappa shape index (κ2) is 4.18. The Labute approximate surface area is 84.9 Å². The molecule has 0 aliphatic rings. The number of benzene rings is 1. The highest BCUT2D eigenvalue weighted by Crippen LogP contribution is 2.28. The van der Waals surface area contributed by atoms with Crippen molar-refractivity contribution >= 4 is 0 Å². The van der Waals surface area contributed by atoms with Gasteiger partial charge in [0.1, 0.15) is 5.82 Å². The van der Waals surface area contributed by atoms with Gasteiger partial charge in [0, 0.05) is 6.04 Å². The van der Waals surface area contributed by atoms with Crippen LogP contribution in [0.5, 0.6) is 0 Å². The predicted molar refractivity (Wildman–Crippen MR) is 48.7 cm³/mol. The zero-order valence-electron chi connectivity index (χ0n) is 8.11. The van der Waals surface area contributed by atoms with E-state index in [9.17, 15) is 17.6 Å². The zero-order chi connectivity index (χ0) is 11.6. The van der Waals surface area contributed by atoms with Crippen LogP contribution in [0.1, 0.15) is 23.6 Å². The molecule has 1 atom stereocenters. The Kier molecular flexibility index (Phi) is 3.34. The van der Waals surface area contributed by atoms with Gasteiger partial charge < -0.3 is 5.73 Å². The third-order valence-corrected chi connectivity index (χ3v) is 2.08. The lowest BCUT2D eigenvalue weighted by molar-refractivity contribution is -0.138. The molecule has 15 heavy (non-hydrogen) atoms. The molecule has 0 aromatic heterocycles. The Hall–Kier alpha value is -1.10. The van der Waals surface area contributed by atoms with Crippen LogP contribution in [0.25, 0.3) is 0 Å². The molecule has 0 spiro atoms. The maximum Gasteiger partial charge on any atom is 0.390 e. The monoisotopic (exact) mass is 221 g/mol. The van der Waals surface area contributed by atoms with Crippen LogP contribution < -0.4 is 5.73 Å². The van der Waals surface area contributed by atoms with E-state index in [2.05, 4.69) is 0 Å². The zero-order valence-corrected chi connectivity index (χ0v) is 8.11. The fourth-order valence-corrected chi connectivity index (χ4v) is 1.21. The van der Waals surface area contributed by atoms with E-state index < -0.39 is 24.5 Å². The highest BCUT2D eigenvalue weighted by atomic mass is 19.4. The van der Waals surface area contributed by atoms with E-state index in [4.69, 9.17) is 5.73 Å². The number of hydrogen-bond acceptors (Lipinski definition) is 1. The van der Waals surface area contributed by atoms with Gasteiger partial charge in [0.05, 0.1) is 6.42 Å². The summed E-state index contributed by atoms with van der Waals surface area (Å²) in [5.41, 5.74) is 5.86. The molecular formula is C10H11F4N. The topological polar surface area (TPSA) is 26.0 Å². The minimum atomic E-state index is -4.33. The van der Waals surface area contributed by atoms with Crippen molar-refractivity contribution in [3.8, 4) is 0 Å². The smallest absolute Gasteiger partial charge is 0.324 e. The van der Waals surface area contributed by atoms with Gasteiger partial charge in [0.15, 0.2) is 0 Å². The van der Waals surface area contributed by atoms with E-state index in [1.807, 2.05) is 0 Å². The average molecular weight is 221 g/mol. The van der Waals surface area contributed by atoms with E-state index in [-0.39, 0.29) is 5.56 Å². The lowest BCUT2D eigenvalue weighted by Crippen LogP contribution is -2.20. The standard InChI is InChI=1S/C10H11F4N/c1-6-2-3-7(4-8(6)11)9(15)5-10(12,13)14/h2-4,9H,5,15H2,1H3. The van der Waals surface area contributed by atoms with Crippen LogP contribution >= 0.6 is 0 Å². The van der Waals surface area contributed by atoms with Crippen molar-refractivity contribution in [2.24, 2.45) is 5.73 Å². The highest BCUT2D eigenvalue weighted by Gasteiger charge is 2.31. The molecule has 1 unspecified atom stereocenters. The van der Waals surface area contributed by atoms with Crippen LogP contribution in [-0.2, 0) is 0 Å². The van der Waals surface area contributed by atoms with Crippen molar-refractivity contribution in [1.82, 2.24) is 0 Å². The molecule has 0 amide bonds. The van der Waals surface area contributed by atoms with Crippen LogP contribution in [-0.4, -0.2) is 6.18 Å². The molecule has 1 aromatic carbocycles. The number of rotatable bonds is 2. The van der Waals surface area contributed by atoms with E-state index >= 15 is 0 Å². The Morgan fingerprint density at radius 3 is 2.40 bits per heavy atom. The van der Waals surface area contributed by atoms with Crippen LogP contribution in [0, 0.1) is 12.7 Å². The molecule has 1 nitrogen and oxygen atoms in total. The summed E-state index contributed by atoms with van der Waals surface area (Å²) < 4.78 is 49.0. The molecule has 0 bridgehead atoms. The minimum absolute atomic E-state index is 0.162. The molecule has 1 rings (SSSR count). The van der Waals surface area contributed by atoms with E-state index in [1.165, 1.54) is 19.1 Å². The summed E-state index contributed by atoms with van der Waals surface area (Å²) in [5, 5.41) is 0. The third-order valence-electron chi connectivity index (χ3n) is 2.08. The summed E-state index contributed by atoms with van der Waals surface area (Å²) in [6.45, 7) is 1.54. The summed E-state index contributed by atoms with van der Waals surface area (Å²) in [6.07, 6.45) is -5.48. The predicted octanol–water partition coefficient (Wildman–Crippen LogP) is 3.09. The second-order valence-corrected chi connectivity index (χ2v) is 3.43. The molecule has 0 aliphatic carbocycles. The molecule has 2 N–H and O–H groups in total. The molecule has 84 valence electrons. The first-order chi connectivity index (χ1) is 6.79. The molecule has 0 saturated heterocycles. The molecule has 0 saturated carbocycles. The van der Waals surface area contributed by atoms with Gasteiger partial charge in [0.2, 0.25) is 0 Å². The SMILES string of the molecule is Cc1ccc(C(N)CC(F)(F)F)cc1F. The molecule has 1 aromatic rings. The summed E-state index contributed by atoms with van der Waals surface area (Å²) in [5.74, 6) is -0.537. The van der Waals surface area contributed by atoms with Gasteiger partial charge in [-0.05, 0) is 24.1 Å².